The van der Waals surface area contributed by atoms with E-state index in [1.54, 1.807) is 7.11 Å². The summed E-state index contributed by atoms with van der Waals surface area (Å²) in [6.07, 6.45) is 3.55. The van der Waals surface area contributed by atoms with Crippen molar-refractivity contribution >= 4 is 46.4 Å². The number of para-hydroxylation sites is 1. The van der Waals surface area contributed by atoms with E-state index in [1.165, 1.54) is 12.4 Å². The van der Waals surface area contributed by atoms with Gasteiger partial charge in [0.2, 0.25) is 5.91 Å². The summed E-state index contributed by atoms with van der Waals surface area (Å²) in [6, 6.07) is 23.3. The van der Waals surface area contributed by atoms with Gasteiger partial charge in [0, 0.05) is 43.1 Å². The van der Waals surface area contributed by atoms with Gasteiger partial charge >= 0.3 is 0 Å². The van der Waals surface area contributed by atoms with Gasteiger partial charge < -0.3 is 25.0 Å². The van der Waals surface area contributed by atoms with E-state index in [9.17, 15) is 4.79 Å². The number of amides is 1. The van der Waals surface area contributed by atoms with Crippen molar-refractivity contribution in [3.8, 4) is 17.2 Å². The topological polar surface area (TPSA) is 101 Å². The van der Waals surface area contributed by atoms with Gasteiger partial charge in [0.05, 0.1) is 36.8 Å². The average molecular weight is 611 g/mol. The number of aromatic nitrogens is 2. The van der Waals surface area contributed by atoms with Crippen LogP contribution in [0.1, 0.15) is 18.0 Å². The number of carbonyl (C=O) groups excluding carboxylic acids is 1. The molecule has 2 fully saturated rings. The summed E-state index contributed by atoms with van der Waals surface area (Å²) in [4.78, 5) is 29.6. The Bertz CT molecular complexity index is 1620. The second kappa shape index (κ2) is 13.7. The number of rotatable bonds is 10. The highest BCUT2D eigenvalue weighted by Gasteiger charge is 2.30. The number of ether oxygens (including phenoxy) is 2. The van der Waals surface area contributed by atoms with Gasteiger partial charge in [-0.15, -0.1) is 0 Å². The predicted octanol–water partition coefficient (Wildman–Crippen LogP) is 6.58. The van der Waals surface area contributed by atoms with Crippen LogP contribution in [0.5, 0.6) is 17.2 Å². The van der Waals surface area contributed by atoms with E-state index < -0.39 is 0 Å². The molecule has 2 saturated heterocycles. The number of nitrogens with zero attached hydrogens (tertiary/aromatic N) is 4. The average Bonchev–Trinajstić information content (AvgIpc) is 3.56. The Hall–Kier alpha value is -4.74. The number of nitrogens with one attached hydrogen (secondary N) is 2. The first kappa shape index (κ1) is 29.3. The second-order valence-corrected chi connectivity index (χ2v) is 11.4. The van der Waals surface area contributed by atoms with Gasteiger partial charge in [-0.2, -0.15) is 11.8 Å². The van der Waals surface area contributed by atoms with Crippen LogP contribution in [0, 0.1) is 0 Å². The van der Waals surface area contributed by atoms with Crippen LogP contribution in [0.2, 0.25) is 0 Å². The SMILES string of the molecule is C=CC(=O)Nc1cc(Nc2cc(N3OCC[C@@H]3c3cccc(Oc4ccccc4)c3)ncn2)c(OC)cc1N1CCSCC1. The summed E-state index contributed by atoms with van der Waals surface area (Å²) in [5, 5.41) is 8.14. The zero-order chi connectivity index (χ0) is 30.3. The van der Waals surface area contributed by atoms with E-state index in [0.717, 1.165) is 53.8 Å². The third-order valence-electron chi connectivity index (χ3n) is 7.38. The lowest BCUT2D eigenvalue weighted by atomic mass is 10.0. The fourth-order valence-electron chi connectivity index (χ4n) is 5.27. The van der Waals surface area contributed by atoms with Crippen molar-refractivity contribution in [2.45, 2.75) is 12.5 Å². The molecule has 0 spiro atoms. The number of benzene rings is 3. The van der Waals surface area contributed by atoms with Crippen LogP contribution < -0.4 is 30.1 Å². The van der Waals surface area contributed by atoms with Gasteiger partial charge in [-0.25, -0.2) is 15.0 Å². The quantitative estimate of drug-likeness (QED) is 0.192. The van der Waals surface area contributed by atoms with Gasteiger partial charge in [0.25, 0.3) is 0 Å². The predicted molar refractivity (Wildman–Crippen MR) is 175 cm³/mol. The lowest BCUT2D eigenvalue weighted by molar-refractivity contribution is -0.111. The molecule has 1 atom stereocenters. The number of hydroxylamine groups is 1. The molecule has 0 unspecified atom stereocenters. The van der Waals surface area contributed by atoms with Crippen molar-refractivity contribution in [2.75, 3.05) is 58.9 Å². The van der Waals surface area contributed by atoms with E-state index in [1.807, 2.05) is 83.6 Å². The van der Waals surface area contributed by atoms with Crippen LogP contribution >= 0.6 is 11.8 Å². The minimum atomic E-state index is -0.284. The standard InChI is InChI=1S/C33H34N6O4S/c1-3-33(40)37-26-19-27(30(41-2)20-29(26)38-13-16-44-17-14-38)36-31-21-32(35-22-34-31)39-28(12-15-42-39)23-8-7-11-25(18-23)43-24-9-5-4-6-10-24/h3-11,18-22,28H,1,12-17H2,2H3,(H,37,40)(H,34,35,36)/t28-/m1/s1. The van der Waals surface area contributed by atoms with Crippen LogP contribution in [0.3, 0.4) is 0 Å². The molecule has 1 aromatic heterocycles. The molecule has 4 aromatic rings. The number of thioether (sulfide) groups is 1. The fourth-order valence-corrected chi connectivity index (χ4v) is 6.17. The summed E-state index contributed by atoms with van der Waals surface area (Å²) < 4.78 is 11.8. The summed E-state index contributed by atoms with van der Waals surface area (Å²) >= 11 is 1.92. The molecule has 3 heterocycles. The third kappa shape index (κ3) is 6.74. The molecule has 3 aromatic carbocycles. The summed E-state index contributed by atoms with van der Waals surface area (Å²) in [5.41, 5.74) is 3.27. The highest BCUT2D eigenvalue weighted by atomic mass is 32.2. The summed E-state index contributed by atoms with van der Waals surface area (Å²) in [6.45, 7) is 5.93. The molecular weight excluding hydrogens is 576 g/mol. The monoisotopic (exact) mass is 610 g/mol. The van der Waals surface area contributed by atoms with Crippen LogP contribution in [0.4, 0.5) is 28.7 Å². The van der Waals surface area contributed by atoms with Gasteiger partial charge in [0.15, 0.2) is 5.82 Å². The van der Waals surface area contributed by atoms with Crippen LogP contribution in [-0.2, 0) is 9.63 Å². The molecule has 2 aliphatic rings. The molecule has 6 rings (SSSR count). The number of methoxy groups -OCH3 is 1. The molecule has 0 saturated carbocycles. The zero-order valence-corrected chi connectivity index (χ0v) is 25.3. The Kier molecular flexibility index (Phi) is 9.14. The van der Waals surface area contributed by atoms with Crippen LogP contribution in [-0.4, -0.2) is 54.2 Å². The third-order valence-corrected chi connectivity index (χ3v) is 8.32. The number of carbonyl (C=O) groups is 1. The first-order chi connectivity index (χ1) is 21.6. The lowest BCUT2D eigenvalue weighted by Gasteiger charge is -2.31. The van der Waals surface area contributed by atoms with Gasteiger partial charge in [-0.05, 0) is 42.0 Å². The van der Waals surface area contributed by atoms with E-state index >= 15 is 0 Å². The first-order valence-electron chi connectivity index (χ1n) is 14.4. The van der Waals surface area contributed by atoms with Gasteiger partial charge in [0.1, 0.15) is 29.4 Å². The highest BCUT2D eigenvalue weighted by Crippen LogP contribution is 2.40. The highest BCUT2D eigenvalue weighted by molar-refractivity contribution is 7.99. The molecule has 2 aliphatic heterocycles. The second-order valence-electron chi connectivity index (χ2n) is 10.2. The van der Waals surface area contributed by atoms with Gasteiger partial charge in [-0.1, -0.05) is 36.9 Å². The minimum absolute atomic E-state index is 0.0608. The maximum Gasteiger partial charge on any atom is 0.247 e. The summed E-state index contributed by atoms with van der Waals surface area (Å²) in [5.74, 6) is 5.07. The number of hydrogen-bond acceptors (Lipinski definition) is 10. The van der Waals surface area contributed by atoms with Crippen LogP contribution in [0.15, 0.2) is 91.8 Å². The molecular formula is C33H34N6O4S. The van der Waals surface area contributed by atoms with Crippen molar-refractivity contribution in [3.05, 3.63) is 97.3 Å². The van der Waals surface area contributed by atoms with Crippen molar-refractivity contribution in [1.82, 2.24) is 9.97 Å². The molecule has 44 heavy (non-hydrogen) atoms. The van der Waals surface area contributed by atoms with Crippen LogP contribution in [0.25, 0.3) is 0 Å². The lowest BCUT2D eigenvalue weighted by Crippen LogP contribution is -2.33. The van der Waals surface area contributed by atoms with Crippen molar-refractivity contribution < 1.29 is 19.1 Å². The van der Waals surface area contributed by atoms with E-state index in [0.29, 0.717) is 35.4 Å². The molecule has 0 radical (unpaired) electrons. The maximum absolute atomic E-state index is 12.3. The molecule has 0 bridgehead atoms. The Morgan fingerprint density at radius 2 is 1.84 bits per heavy atom. The normalized spacial score (nSPS) is 16.3. The molecule has 1 amide bonds. The zero-order valence-electron chi connectivity index (χ0n) is 24.4. The fraction of sp³-hybridized carbons (Fsp3) is 0.242. The smallest absolute Gasteiger partial charge is 0.247 e. The molecule has 226 valence electrons. The Balaban J connectivity index is 1.25. The largest absolute Gasteiger partial charge is 0.494 e. The molecule has 11 heteroatoms. The molecule has 0 aliphatic carbocycles. The number of hydrogen-bond donors (Lipinski definition) is 2. The van der Waals surface area contributed by atoms with Crippen molar-refractivity contribution in [1.29, 1.82) is 0 Å². The summed E-state index contributed by atoms with van der Waals surface area (Å²) in [7, 11) is 1.63. The Morgan fingerprint density at radius 3 is 2.64 bits per heavy atom. The van der Waals surface area contributed by atoms with Gasteiger partial charge in [-0.3, -0.25) is 9.63 Å². The first-order valence-corrected chi connectivity index (χ1v) is 15.6. The van der Waals surface area contributed by atoms with E-state index in [2.05, 4.69) is 38.1 Å². The Morgan fingerprint density at radius 1 is 1.02 bits per heavy atom. The van der Waals surface area contributed by atoms with E-state index in [-0.39, 0.29) is 11.9 Å². The van der Waals surface area contributed by atoms with Crippen molar-refractivity contribution in [3.63, 3.8) is 0 Å². The molecule has 10 nitrogen and oxygen atoms in total. The molecule has 2 N–H and O–H groups in total. The minimum Gasteiger partial charge on any atom is -0.494 e. The Labute approximate surface area is 261 Å². The maximum atomic E-state index is 12.3. The van der Waals surface area contributed by atoms with E-state index in [4.69, 9.17) is 14.3 Å². The number of anilines is 5. The van der Waals surface area contributed by atoms with Crippen molar-refractivity contribution in [2.24, 2.45) is 0 Å².